The summed E-state index contributed by atoms with van der Waals surface area (Å²) >= 11 is 0. The summed E-state index contributed by atoms with van der Waals surface area (Å²) < 4.78 is 0. The molecule has 0 aromatic heterocycles. The van der Waals surface area contributed by atoms with Crippen LogP contribution in [0.2, 0.25) is 0 Å². The predicted molar refractivity (Wildman–Crippen MR) is 62.4 cm³/mol. The molecule has 0 bridgehead atoms. The van der Waals surface area contributed by atoms with E-state index in [9.17, 15) is 0 Å². The number of aliphatic hydroxyl groups excluding tert-OH is 4. The topological polar surface area (TPSA) is 80.9 Å². The van der Waals surface area contributed by atoms with Crippen LogP contribution in [0.25, 0.3) is 0 Å². The second kappa shape index (κ2) is 83.5. The molecule has 0 rings (SSSR count). The minimum atomic E-state index is 0. The average molecular weight is 261 g/mol. The molecule has 0 aliphatic carbocycles. The summed E-state index contributed by atoms with van der Waals surface area (Å²) in [6.45, 7) is 7.72. The first-order valence-corrected chi connectivity index (χ1v) is 4.09. The van der Waals surface area contributed by atoms with Gasteiger partial charge in [0.1, 0.15) is 0 Å². The first-order chi connectivity index (χ1) is 5.66. The van der Waals surface area contributed by atoms with E-state index in [1.165, 1.54) is 0 Å². The van der Waals surface area contributed by atoms with E-state index in [1.807, 2.05) is 0 Å². The van der Waals surface area contributed by atoms with E-state index < -0.39 is 0 Å². The predicted octanol–water partition coefficient (Wildman–Crippen LogP) is -1.46. The molecular formula is C8H28GeO4. The molecule has 0 heterocycles. The van der Waals surface area contributed by atoms with E-state index in [0.29, 0.717) is 0 Å². The third-order valence-corrected chi connectivity index (χ3v) is 0. The molecule has 4 N–H and O–H groups in total. The van der Waals surface area contributed by atoms with E-state index in [0.717, 1.165) is 0 Å². The third kappa shape index (κ3) is 9110. The first kappa shape index (κ1) is 29.2. The van der Waals surface area contributed by atoms with Crippen molar-refractivity contribution in [3.8, 4) is 0 Å². The van der Waals surface area contributed by atoms with Gasteiger partial charge in [-0.25, -0.2) is 0 Å². The van der Waals surface area contributed by atoms with Crippen molar-refractivity contribution in [1.29, 1.82) is 0 Å². The number of hydrogen-bond acceptors (Lipinski definition) is 4. The Morgan fingerprint density at radius 1 is 0.538 bits per heavy atom. The van der Waals surface area contributed by atoms with Crippen LogP contribution in [0.1, 0.15) is 27.7 Å². The summed E-state index contributed by atoms with van der Waals surface area (Å²) in [5.74, 6) is 0. The van der Waals surface area contributed by atoms with Crippen LogP contribution in [-0.4, -0.2) is 64.5 Å². The molecule has 0 aliphatic heterocycles. The molecule has 13 heavy (non-hydrogen) atoms. The van der Waals surface area contributed by atoms with Crippen molar-refractivity contribution < 1.29 is 20.4 Å². The molecule has 5 heteroatoms. The van der Waals surface area contributed by atoms with E-state index >= 15 is 0 Å². The van der Waals surface area contributed by atoms with Crippen LogP contribution in [0.3, 0.4) is 0 Å². The van der Waals surface area contributed by atoms with Crippen molar-refractivity contribution in [3.05, 3.63) is 0 Å². The van der Waals surface area contributed by atoms with Gasteiger partial charge in [-0.15, -0.1) is 0 Å². The SMILES string of the molecule is CCO.CCO.CCO.CCO.[GeH4]. The van der Waals surface area contributed by atoms with Gasteiger partial charge in [-0.1, -0.05) is 0 Å². The Morgan fingerprint density at radius 3 is 0.538 bits per heavy atom. The quantitative estimate of drug-likeness (QED) is 0.402. The van der Waals surface area contributed by atoms with Crippen molar-refractivity contribution >= 4 is 17.6 Å². The molecule has 88 valence electrons. The number of hydrogen-bond donors (Lipinski definition) is 4. The molecule has 0 aromatic carbocycles. The van der Waals surface area contributed by atoms with Crippen molar-refractivity contribution in [2.24, 2.45) is 0 Å². The summed E-state index contributed by atoms with van der Waals surface area (Å²) in [5.41, 5.74) is 0. The molecule has 0 saturated heterocycles. The molecule has 0 aromatic rings. The van der Waals surface area contributed by atoms with Gasteiger partial charge in [0.2, 0.25) is 0 Å². The van der Waals surface area contributed by atoms with E-state index in [2.05, 4.69) is 0 Å². The van der Waals surface area contributed by atoms with E-state index in [1.54, 1.807) is 27.7 Å². The molecule has 4 nitrogen and oxygen atoms in total. The molecule has 0 amide bonds. The zero-order chi connectivity index (χ0) is 10.8. The summed E-state index contributed by atoms with van der Waals surface area (Å²) in [4.78, 5) is 0. The third-order valence-electron chi connectivity index (χ3n) is 0. The van der Waals surface area contributed by atoms with Crippen molar-refractivity contribution in [1.82, 2.24) is 0 Å². The van der Waals surface area contributed by atoms with Crippen LogP contribution in [0.5, 0.6) is 0 Å². The molecule has 0 radical (unpaired) electrons. The molecule has 0 fully saturated rings. The van der Waals surface area contributed by atoms with E-state index in [-0.39, 0.29) is 44.0 Å². The Bertz CT molecular complexity index is 24.1. The zero-order valence-electron chi connectivity index (χ0n) is 8.62. The Hall–Kier alpha value is 0.383. The number of aliphatic hydroxyl groups is 4. The van der Waals surface area contributed by atoms with Gasteiger partial charge < -0.3 is 20.4 Å². The molecule has 0 aliphatic rings. The zero-order valence-corrected chi connectivity index (χ0v) is 8.62. The fraction of sp³-hybridized carbons (Fsp3) is 1.00. The van der Waals surface area contributed by atoms with E-state index in [4.69, 9.17) is 20.4 Å². The molecule has 0 spiro atoms. The van der Waals surface area contributed by atoms with Gasteiger partial charge in [0.15, 0.2) is 0 Å². The summed E-state index contributed by atoms with van der Waals surface area (Å²) in [7, 11) is 0. The summed E-state index contributed by atoms with van der Waals surface area (Å²) in [5, 5.41) is 30.3. The van der Waals surface area contributed by atoms with Gasteiger partial charge in [-0.3, -0.25) is 0 Å². The Balaban J connectivity index is -0.0000000213. The van der Waals surface area contributed by atoms with Crippen molar-refractivity contribution in [2.75, 3.05) is 26.4 Å². The Kier molecular flexibility index (Phi) is 188. The van der Waals surface area contributed by atoms with Gasteiger partial charge in [-0.2, -0.15) is 0 Å². The standard InChI is InChI=1S/4C2H6O.GeH4/c4*1-2-3;/h4*3H,2H2,1H3;1H4. The van der Waals surface area contributed by atoms with Crippen LogP contribution in [0, 0.1) is 0 Å². The normalized spacial score (nSPS) is 5.54. The maximum atomic E-state index is 7.57. The van der Waals surface area contributed by atoms with Crippen LogP contribution in [-0.2, 0) is 0 Å². The van der Waals surface area contributed by atoms with Gasteiger partial charge >= 0.3 is 17.6 Å². The average Bonchev–Trinajstić information content (AvgIpc) is 1.92. The summed E-state index contributed by atoms with van der Waals surface area (Å²) in [6.07, 6.45) is 0. The van der Waals surface area contributed by atoms with Crippen LogP contribution < -0.4 is 0 Å². The van der Waals surface area contributed by atoms with Crippen LogP contribution in [0.15, 0.2) is 0 Å². The second-order valence-corrected chi connectivity index (χ2v) is 1.26. The van der Waals surface area contributed by atoms with Crippen molar-refractivity contribution in [2.45, 2.75) is 27.7 Å². The summed E-state index contributed by atoms with van der Waals surface area (Å²) in [6, 6.07) is 0. The van der Waals surface area contributed by atoms with Crippen LogP contribution >= 0.6 is 0 Å². The monoisotopic (exact) mass is 262 g/mol. The Morgan fingerprint density at radius 2 is 0.538 bits per heavy atom. The Labute approximate surface area is 92.6 Å². The van der Waals surface area contributed by atoms with Gasteiger partial charge in [0.25, 0.3) is 0 Å². The fourth-order valence-corrected chi connectivity index (χ4v) is 0. The molecule has 0 saturated carbocycles. The molecular weight excluding hydrogens is 233 g/mol. The van der Waals surface area contributed by atoms with Gasteiger partial charge in [0, 0.05) is 26.4 Å². The molecule has 0 atom stereocenters. The van der Waals surface area contributed by atoms with Crippen molar-refractivity contribution in [3.63, 3.8) is 0 Å². The first-order valence-electron chi connectivity index (χ1n) is 4.09. The second-order valence-electron chi connectivity index (χ2n) is 1.26. The van der Waals surface area contributed by atoms with Crippen LogP contribution in [0.4, 0.5) is 0 Å². The van der Waals surface area contributed by atoms with Gasteiger partial charge in [0.05, 0.1) is 0 Å². The fourth-order valence-electron chi connectivity index (χ4n) is 0. The maximum absolute atomic E-state index is 7.57. The van der Waals surface area contributed by atoms with Gasteiger partial charge in [-0.05, 0) is 27.7 Å². The molecule has 0 unspecified atom stereocenters. The number of rotatable bonds is 0. The minimum absolute atomic E-state index is 0.